The van der Waals surface area contributed by atoms with Gasteiger partial charge in [-0.25, -0.2) is 0 Å². The van der Waals surface area contributed by atoms with Crippen LogP contribution < -0.4 is 4.74 Å². The van der Waals surface area contributed by atoms with E-state index in [1.54, 1.807) is 6.08 Å². The molecule has 0 N–H and O–H groups in total. The third kappa shape index (κ3) is 4.91. The zero-order valence-electron chi connectivity index (χ0n) is 14.7. The van der Waals surface area contributed by atoms with Crippen LogP contribution in [-0.2, 0) is 16.1 Å². The number of thioether (sulfide) groups is 1. The summed E-state index contributed by atoms with van der Waals surface area (Å²) in [6.07, 6.45) is 1.70. The van der Waals surface area contributed by atoms with E-state index in [1.807, 2.05) is 48.5 Å². The fourth-order valence-electron chi connectivity index (χ4n) is 2.46. The number of imide groups is 1. The van der Waals surface area contributed by atoms with Gasteiger partial charge in [-0.2, -0.15) is 0 Å². The van der Waals surface area contributed by atoms with Crippen molar-refractivity contribution >= 4 is 40.6 Å². The molecule has 2 amide bonds. The molecule has 0 spiro atoms. The number of amides is 2. The van der Waals surface area contributed by atoms with Crippen LogP contribution >= 0.6 is 23.4 Å². The minimum atomic E-state index is -0.291. The molecule has 0 aliphatic carbocycles. The van der Waals surface area contributed by atoms with E-state index in [0.29, 0.717) is 28.9 Å². The van der Waals surface area contributed by atoms with Crippen molar-refractivity contribution in [2.24, 2.45) is 0 Å². The number of nitrogens with zero attached hydrogens (tertiary/aromatic N) is 1. The van der Waals surface area contributed by atoms with Crippen molar-refractivity contribution in [1.29, 1.82) is 0 Å². The summed E-state index contributed by atoms with van der Waals surface area (Å²) < 4.78 is 10.7. The second kappa shape index (κ2) is 9.08. The fourth-order valence-corrected chi connectivity index (χ4v) is 3.52. The molecular weight excluding hydrogens is 386 g/mol. The summed E-state index contributed by atoms with van der Waals surface area (Å²) in [7, 11) is 1.53. The minimum absolute atomic E-state index is 0.257. The number of methoxy groups -OCH3 is 1. The summed E-state index contributed by atoms with van der Waals surface area (Å²) in [6, 6.07) is 14.8. The average Bonchev–Trinajstić information content (AvgIpc) is 2.93. The molecule has 1 aliphatic heterocycles. The van der Waals surface area contributed by atoms with Gasteiger partial charge in [-0.05, 0) is 41.6 Å². The van der Waals surface area contributed by atoms with Crippen LogP contribution in [-0.4, -0.2) is 36.3 Å². The third-order valence-electron chi connectivity index (χ3n) is 3.92. The maximum absolute atomic E-state index is 12.3. The molecular formula is C20H18ClNO4S. The van der Waals surface area contributed by atoms with E-state index in [-0.39, 0.29) is 17.7 Å². The van der Waals surface area contributed by atoms with Crippen molar-refractivity contribution in [3.05, 3.63) is 69.6 Å². The largest absolute Gasteiger partial charge is 0.489 e. The highest BCUT2D eigenvalue weighted by Gasteiger charge is 2.34. The molecule has 7 heteroatoms. The number of rotatable bonds is 7. The predicted octanol–water partition coefficient (Wildman–Crippen LogP) is 4.60. The van der Waals surface area contributed by atoms with Gasteiger partial charge >= 0.3 is 0 Å². The molecule has 1 fully saturated rings. The van der Waals surface area contributed by atoms with Gasteiger partial charge in [0.2, 0.25) is 0 Å². The zero-order valence-corrected chi connectivity index (χ0v) is 16.3. The number of carbonyl (C=O) groups is 2. The van der Waals surface area contributed by atoms with Gasteiger partial charge in [0.05, 0.1) is 18.1 Å². The second-order valence-corrected chi connectivity index (χ2v) is 7.18. The smallest absolute Gasteiger partial charge is 0.293 e. The van der Waals surface area contributed by atoms with Crippen LogP contribution in [0, 0.1) is 0 Å². The Balaban J connectivity index is 1.63. The topological polar surface area (TPSA) is 55.8 Å². The average molecular weight is 404 g/mol. The maximum Gasteiger partial charge on any atom is 0.293 e. The summed E-state index contributed by atoms with van der Waals surface area (Å²) in [5.74, 6) is 0.404. The number of benzene rings is 2. The lowest BCUT2D eigenvalue weighted by Crippen LogP contribution is -2.31. The Morgan fingerprint density at radius 2 is 1.85 bits per heavy atom. The fraction of sp³-hybridized carbons (Fsp3) is 0.200. The first-order valence-electron chi connectivity index (χ1n) is 8.29. The van der Waals surface area contributed by atoms with Crippen molar-refractivity contribution in [2.45, 2.75) is 6.61 Å². The van der Waals surface area contributed by atoms with E-state index in [4.69, 9.17) is 21.1 Å². The monoisotopic (exact) mass is 403 g/mol. The van der Waals surface area contributed by atoms with E-state index >= 15 is 0 Å². The van der Waals surface area contributed by atoms with E-state index < -0.39 is 0 Å². The van der Waals surface area contributed by atoms with E-state index in [0.717, 1.165) is 22.9 Å². The van der Waals surface area contributed by atoms with Gasteiger partial charge in [-0.15, -0.1) is 0 Å². The van der Waals surface area contributed by atoms with Gasteiger partial charge in [-0.3, -0.25) is 14.5 Å². The van der Waals surface area contributed by atoms with Crippen LogP contribution in [0.2, 0.25) is 5.02 Å². The zero-order chi connectivity index (χ0) is 19.2. The lowest BCUT2D eigenvalue weighted by atomic mass is 10.2. The molecule has 2 aromatic carbocycles. The van der Waals surface area contributed by atoms with Crippen molar-refractivity contribution < 1.29 is 19.1 Å². The van der Waals surface area contributed by atoms with Crippen molar-refractivity contribution in [3.8, 4) is 5.75 Å². The predicted molar refractivity (Wildman–Crippen MR) is 107 cm³/mol. The van der Waals surface area contributed by atoms with Gasteiger partial charge < -0.3 is 9.47 Å². The number of halogens is 1. The third-order valence-corrected chi connectivity index (χ3v) is 5.20. The van der Waals surface area contributed by atoms with E-state index in [1.165, 1.54) is 12.0 Å². The first-order chi connectivity index (χ1) is 13.1. The van der Waals surface area contributed by atoms with Crippen LogP contribution in [0.1, 0.15) is 11.1 Å². The molecule has 3 rings (SSSR count). The normalized spacial score (nSPS) is 15.6. The molecule has 140 valence electrons. The SMILES string of the molecule is COCCN1C(=O)S/C(=C/c2ccc(OCc3ccccc3Cl)cc2)C1=O. The summed E-state index contributed by atoms with van der Waals surface area (Å²) in [5.41, 5.74) is 1.73. The molecule has 1 aliphatic rings. The molecule has 27 heavy (non-hydrogen) atoms. The summed E-state index contributed by atoms with van der Waals surface area (Å²) >= 11 is 7.06. The Kier molecular flexibility index (Phi) is 6.55. The van der Waals surface area contributed by atoms with Crippen molar-refractivity contribution in [3.63, 3.8) is 0 Å². The Morgan fingerprint density at radius 3 is 2.56 bits per heavy atom. The van der Waals surface area contributed by atoms with Gasteiger partial charge in [0.25, 0.3) is 11.1 Å². The van der Waals surface area contributed by atoms with Gasteiger partial charge in [0.1, 0.15) is 12.4 Å². The van der Waals surface area contributed by atoms with E-state index in [2.05, 4.69) is 0 Å². The highest BCUT2D eigenvalue weighted by molar-refractivity contribution is 8.18. The van der Waals surface area contributed by atoms with Crippen LogP contribution in [0.4, 0.5) is 4.79 Å². The molecule has 2 aromatic rings. The molecule has 0 atom stereocenters. The van der Waals surface area contributed by atoms with Gasteiger partial charge in [0, 0.05) is 17.7 Å². The van der Waals surface area contributed by atoms with Crippen LogP contribution in [0.5, 0.6) is 5.75 Å². The van der Waals surface area contributed by atoms with E-state index in [9.17, 15) is 9.59 Å². The molecule has 0 bridgehead atoms. The van der Waals surface area contributed by atoms with Crippen LogP contribution in [0.25, 0.3) is 6.08 Å². The Morgan fingerprint density at radius 1 is 1.11 bits per heavy atom. The highest BCUT2D eigenvalue weighted by Crippen LogP contribution is 2.32. The summed E-state index contributed by atoms with van der Waals surface area (Å²) in [4.78, 5) is 25.8. The quantitative estimate of drug-likeness (QED) is 0.632. The standard InChI is InChI=1S/C20H18ClNO4S/c1-25-11-10-22-19(23)18(27-20(22)24)12-14-6-8-16(9-7-14)26-13-15-4-2-3-5-17(15)21/h2-9,12H,10-11,13H2,1H3/b18-12+. The van der Waals surface area contributed by atoms with Crippen molar-refractivity contribution in [2.75, 3.05) is 20.3 Å². The number of carbonyl (C=O) groups excluding carboxylic acids is 2. The van der Waals surface area contributed by atoms with Crippen LogP contribution in [0.15, 0.2) is 53.4 Å². The summed E-state index contributed by atoms with van der Waals surface area (Å²) in [5, 5.41) is 0.390. The lowest BCUT2D eigenvalue weighted by Gasteiger charge is -2.10. The minimum Gasteiger partial charge on any atom is -0.489 e. The Bertz CT molecular complexity index is 867. The lowest BCUT2D eigenvalue weighted by molar-refractivity contribution is -0.123. The van der Waals surface area contributed by atoms with Gasteiger partial charge in [-0.1, -0.05) is 41.9 Å². The molecule has 5 nitrogen and oxygen atoms in total. The number of hydrogen-bond donors (Lipinski definition) is 0. The number of ether oxygens (including phenoxy) is 2. The highest BCUT2D eigenvalue weighted by atomic mass is 35.5. The molecule has 0 saturated carbocycles. The second-order valence-electron chi connectivity index (χ2n) is 5.78. The molecule has 1 saturated heterocycles. The Hall–Kier alpha value is -2.28. The van der Waals surface area contributed by atoms with Crippen LogP contribution in [0.3, 0.4) is 0 Å². The molecule has 1 heterocycles. The first-order valence-corrected chi connectivity index (χ1v) is 9.48. The summed E-state index contributed by atoms with van der Waals surface area (Å²) in [6.45, 7) is 0.952. The Labute approximate surface area is 166 Å². The van der Waals surface area contributed by atoms with Gasteiger partial charge in [0.15, 0.2) is 0 Å². The molecule has 0 unspecified atom stereocenters. The number of hydrogen-bond acceptors (Lipinski definition) is 5. The molecule has 0 aromatic heterocycles. The maximum atomic E-state index is 12.3. The molecule has 0 radical (unpaired) electrons. The first kappa shape index (κ1) is 19.5. The van der Waals surface area contributed by atoms with Crippen molar-refractivity contribution in [1.82, 2.24) is 4.90 Å².